The highest BCUT2D eigenvalue weighted by Gasteiger charge is 2.09. The van der Waals surface area contributed by atoms with Crippen molar-refractivity contribution in [2.75, 3.05) is 0 Å². The smallest absolute Gasteiger partial charge is 0.178 e. The van der Waals surface area contributed by atoms with Crippen LogP contribution in [0.2, 0.25) is 0 Å². The molecule has 12 heavy (non-hydrogen) atoms. The van der Waals surface area contributed by atoms with Crippen LogP contribution >= 0.6 is 12.2 Å². The van der Waals surface area contributed by atoms with Crippen LogP contribution in [0.1, 0.15) is 36.1 Å². The SMILES string of the molecule is Cc1[nH]c(=S)n(C(C)C)c1C=O. The lowest BCUT2D eigenvalue weighted by atomic mass is 10.3. The van der Waals surface area contributed by atoms with Gasteiger partial charge in [-0.3, -0.25) is 4.79 Å². The molecular weight excluding hydrogens is 172 g/mol. The van der Waals surface area contributed by atoms with Crippen molar-refractivity contribution < 1.29 is 4.79 Å². The summed E-state index contributed by atoms with van der Waals surface area (Å²) < 4.78 is 2.43. The third kappa shape index (κ3) is 1.34. The second-order valence-corrected chi connectivity index (χ2v) is 3.41. The van der Waals surface area contributed by atoms with Gasteiger partial charge in [-0.1, -0.05) is 0 Å². The first kappa shape index (κ1) is 9.19. The molecule has 1 aromatic heterocycles. The van der Waals surface area contributed by atoms with Crippen molar-refractivity contribution in [3.63, 3.8) is 0 Å². The Morgan fingerprint density at radius 2 is 2.17 bits per heavy atom. The molecule has 0 saturated carbocycles. The molecule has 66 valence electrons. The minimum Gasteiger partial charge on any atom is -0.334 e. The van der Waals surface area contributed by atoms with Crippen LogP contribution in [0.4, 0.5) is 0 Å². The fourth-order valence-electron chi connectivity index (χ4n) is 1.23. The number of hydrogen-bond donors (Lipinski definition) is 1. The van der Waals surface area contributed by atoms with Gasteiger partial charge >= 0.3 is 0 Å². The average Bonchev–Trinajstić information content (AvgIpc) is 2.24. The average molecular weight is 184 g/mol. The van der Waals surface area contributed by atoms with E-state index < -0.39 is 0 Å². The monoisotopic (exact) mass is 184 g/mol. The molecule has 0 amide bonds. The third-order valence-electron chi connectivity index (χ3n) is 1.79. The Labute approximate surface area is 76.4 Å². The minimum atomic E-state index is 0.225. The second kappa shape index (κ2) is 3.23. The van der Waals surface area contributed by atoms with Crippen LogP contribution in [0.3, 0.4) is 0 Å². The summed E-state index contributed by atoms with van der Waals surface area (Å²) in [5.41, 5.74) is 1.48. The minimum absolute atomic E-state index is 0.225. The van der Waals surface area contributed by atoms with Crippen molar-refractivity contribution in [1.82, 2.24) is 9.55 Å². The lowest BCUT2D eigenvalue weighted by Gasteiger charge is -2.07. The Hall–Kier alpha value is -0.900. The van der Waals surface area contributed by atoms with Crippen molar-refractivity contribution in [1.29, 1.82) is 0 Å². The summed E-state index contributed by atoms with van der Waals surface area (Å²) in [6.07, 6.45) is 0.835. The zero-order valence-electron chi connectivity index (χ0n) is 7.42. The Bertz CT molecular complexity index is 348. The van der Waals surface area contributed by atoms with Crippen LogP contribution in [-0.2, 0) is 0 Å². The molecule has 4 heteroatoms. The number of aldehydes is 1. The van der Waals surface area contributed by atoms with E-state index in [0.29, 0.717) is 10.5 Å². The van der Waals surface area contributed by atoms with Gasteiger partial charge in [0.1, 0.15) is 5.69 Å². The first-order valence-corrected chi connectivity index (χ1v) is 4.25. The van der Waals surface area contributed by atoms with Gasteiger partial charge in [-0.05, 0) is 33.0 Å². The van der Waals surface area contributed by atoms with Crippen LogP contribution in [0.5, 0.6) is 0 Å². The number of aromatic nitrogens is 2. The number of rotatable bonds is 2. The zero-order valence-corrected chi connectivity index (χ0v) is 8.23. The summed E-state index contributed by atoms with van der Waals surface area (Å²) in [7, 11) is 0. The van der Waals surface area contributed by atoms with Crippen molar-refractivity contribution in [2.45, 2.75) is 26.8 Å². The summed E-state index contributed by atoms with van der Waals surface area (Å²) in [5.74, 6) is 0. The molecule has 0 aromatic carbocycles. The summed E-state index contributed by atoms with van der Waals surface area (Å²) in [4.78, 5) is 13.6. The predicted octanol–water partition coefficient (Wildman–Crippen LogP) is 2.25. The Morgan fingerprint density at radius 3 is 2.50 bits per heavy atom. The number of carbonyl (C=O) groups excluding carboxylic acids is 1. The fourth-order valence-corrected chi connectivity index (χ4v) is 1.69. The molecule has 0 bridgehead atoms. The van der Waals surface area contributed by atoms with E-state index in [9.17, 15) is 4.79 Å². The topological polar surface area (TPSA) is 37.8 Å². The third-order valence-corrected chi connectivity index (χ3v) is 2.08. The van der Waals surface area contributed by atoms with Crippen LogP contribution in [0, 0.1) is 11.7 Å². The number of aryl methyl sites for hydroxylation is 1. The number of hydrogen-bond acceptors (Lipinski definition) is 2. The second-order valence-electron chi connectivity index (χ2n) is 3.02. The molecule has 0 fully saturated rings. The summed E-state index contributed by atoms with van der Waals surface area (Å²) >= 11 is 5.05. The molecule has 1 rings (SSSR count). The van der Waals surface area contributed by atoms with E-state index in [-0.39, 0.29) is 6.04 Å². The van der Waals surface area contributed by atoms with Crippen molar-refractivity contribution in [3.05, 3.63) is 16.2 Å². The number of aromatic amines is 1. The predicted molar refractivity (Wildman–Crippen MR) is 50.1 cm³/mol. The van der Waals surface area contributed by atoms with Crippen LogP contribution in [-0.4, -0.2) is 15.8 Å². The fraction of sp³-hybridized carbons (Fsp3) is 0.500. The maximum Gasteiger partial charge on any atom is 0.178 e. The highest BCUT2D eigenvalue weighted by Crippen LogP contribution is 2.12. The van der Waals surface area contributed by atoms with Gasteiger partial charge in [0.15, 0.2) is 11.1 Å². The highest BCUT2D eigenvalue weighted by molar-refractivity contribution is 7.71. The summed E-state index contributed by atoms with van der Waals surface area (Å²) in [5, 5.41) is 0. The summed E-state index contributed by atoms with van der Waals surface area (Å²) in [6, 6.07) is 0.225. The standard InChI is InChI=1S/C8H12N2OS/c1-5(2)10-7(4-11)6(3)9-8(10)12/h4-5H,1-3H3,(H,9,12). The number of imidazole rings is 1. The highest BCUT2D eigenvalue weighted by atomic mass is 32.1. The molecule has 0 saturated heterocycles. The maximum absolute atomic E-state index is 10.7. The van der Waals surface area contributed by atoms with E-state index in [1.165, 1.54) is 0 Å². The number of H-pyrrole nitrogens is 1. The lowest BCUT2D eigenvalue weighted by Crippen LogP contribution is -2.05. The van der Waals surface area contributed by atoms with Crippen LogP contribution in [0.15, 0.2) is 0 Å². The molecule has 1 heterocycles. The Balaban J connectivity index is 3.42. The quantitative estimate of drug-likeness (QED) is 0.565. The Kier molecular flexibility index (Phi) is 2.47. The largest absolute Gasteiger partial charge is 0.334 e. The normalized spacial score (nSPS) is 10.7. The van der Waals surface area contributed by atoms with Crippen LogP contribution in [0.25, 0.3) is 0 Å². The van der Waals surface area contributed by atoms with E-state index >= 15 is 0 Å². The lowest BCUT2D eigenvalue weighted by molar-refractivity contribution is 0.111. The number of nitrogens with zero attached hydrogens (tertiary/aromatic N) is 1. The molecule has 3 nitrogen and oxygen atoms in total. The molecule has 0 aliphatic rings. The van der Waals surface area contributed by atoms with Gasteiger partial charge in [-0.15, -0.1) is 0 Å². The first-order valence-electron chi connectivity index (χ1n) is 3.84. The zero-order chi connectivity index (χ0) is 9.30. The van der Waals surface area contributed by atoms with E-state index in [2.05, 4.69) is 4.98 Å². The van der Waals surface area contributed by atoms with Gasteiger partial charge in [0.05, 0.1) is 0 Å². The van der Waals surface area contributed by atoms with E-state index in [0.717, 1.165) is 12.0 Å². The number of carbonyl (C=O) groups is 1. The van der Waals surface area contributed by atoms with Crippen molar-refractivity contribution in [2.24, 2.45) is 0 Å². The number of nitrogens with one attached hydrogen (secondary N) is 1. The molecule has 0 aliphatic heterocycles. The molecule has 0 unspecified atom stereocenters. The van der Waals surface area contributed by atoms with Gasteiger partial charge in [0, 0.05) is 11.7 Å². The molecule has 1 N–H and O–H groups in total. The molecule has 0 spiro atoms. The van der Waals surface area contributed by atoms with Crippen molar-refractivity contribution >= 4 is 18.5 Å². The van der Waals surface area contributed by atoms with Gasteiger partial charge in [-0.2, -0.15) is 0 Å². The van der Waals surface area contributed by atoms with E-state index in [1.807, 2.05) is 25.3 Å². The van der Waals surface area contributed by atoms with Gasteiger partial charge in [0.25, 0.3) is 0 Å². The van der Waals surface area contributed by atoms with Crippen molar-refractivity contribution in [3.8, 4) is 0 Å². The molecule has 1 aromatic rings. The molecule has 0 aliphatic carbocycles. The molecular formula is C8H12N2OS. The van der Waals surface area contributed by atoms with Gasteiger partial charge in [0.2, 0.25) is 0 Å². The van der Waals surface area contributed by atoms with Gasteiger partial charge < -0.3 is 9.55 Å². The maximum atomic E-state index is 10.7. The Morgan fingerprint density at radius 1 is 1.58 bits per heavy atom. The summed E-state index contributed by atoms with van der Waals surface area (Å²) in [6.45, 7) is 5.84. The molecule has 0 radical (unpaired) electrons. The van der Waals surface area contributed by atoms with Gasteiger partial charge in [-0.25, -0.2) is 0 Å². The van der Waals surface area contributed by atoms with E-state index in [1.54, 1.807) is 0 Å². The first-order chi connectivity index (χ1) is 5.57. The molecule has 0 atom stereocenters. The van der Waals surface area contributed by atoms with Crippen LogP contribution < -0.4 is 0 Å². The van der Waals surface area contributed by atoms with E-state index in [4.69, 9.17) is 12.2 Å².